The highest BCUT2D eigenvalue weighted by Gasteiger charge is 2.30. The third-order valence-corrected chi connectivity index (χ3v) is 4.29. The topological polar surface area (TPSA) is 32.6 Å². The predicted molar refractivity (Wildman–Crippen MR) is 110 cm³/mol. The Morgan fingerprint density at radius 3 is 2.61 bits per heavy atom. The molecular weight excluding hydrogens is 387 g/mol. The van der Waals surface area contributed by atoms with Gasteiger partial charge in [-0.15, -0.1) is 0 Å². The SMILES string of the molecule is CC=CC(=CN=CCCC)c1cc(-c2cccc(C(F)(F)F)c2)c(Cl)cc1O. The number of allylic oxidation sites excluding steroid dienone is 3. The molecule has 2 rings (SSSR count). The minimum Gasteiger partial charge on any atom is -0.507 e. The Morgan fingerprint density at radius 1 is 1.21 bits per heavy atom. The molecule has 2 nitrogen and oxygen atoms in total. The van der Waals surface area contributed by atoms with Crippen LogP contribution in [0.25, 0.3) is 16.7 Å². The highest BCUT2D eigenvalue weighted by Crippen LogP contribution is 2.39. The van der Waals surface area contributed by atoms with Crippen LogP contribution in [-0.4, -0.2) is 11.3 Å². The van der Waals surface area contributed by atoms with Crippen LogP contribution in [-0.2, 0) is 6.18 Å². The Hall–Kier alpha value is -2.53. The van der Waals surface area contributed by atoms with Gasteiger partial charge in [0.05, 0.1) is 10.6 Å². The molecule has 0 aliphatic rings. The molecule has 2 aromatic rings. The maximum Gasteiger partial charge on any atom is 0.416 e. The lowest BCUT2D eigenvalue weighted by atomic mass is 9.97. The number of phenols is 1. The number of hydrogen-bond acceptors (Lipinski definition) is 2. The first-order chi connectivity index (χ1) is 13.3. The van der Waals surface area contributed by atoms with Gasteiger partial charge in [0.25, 0.3) is 0 Å². The molecule has 0 aromatic heterocycles. The van der Waals surface area contributed by atoms with Crippen LogP contribution < -0.4 is 0 Å². The van der Waals surface area contributed by atoms with E-state index >= 15 is 0 Å². The minimum atomic E-state index is -4.45. The van der Waals surface area contributed by atoms with Crippen molar-refractivity contribution in [3.63, 3.8) is 0 Å². The van der Waals surface area contributed by atoms with Crippen molar-refractivity contribution < 1.29 is 18.3 Å². The number of alkyl halides is 3. The maximum absolute atomic E-state index is 13.1. The van der Waals surface area contributed by atoms with Gasteiger partial charge in [-0.05, 0) is 43.2 Å². The van der Waals surface area contributed by atoms with E-state index in [0.717, 1.165) is 25.0 Å². The molecule has 6 heteroatoms. The number of rotatable bonds is 6. The molecule has 28 heavy (non-hydrogen) atoms. The van der Waals surface area contributed by atoms with Crippen molar-refractivity contribution in [2.75, 3.05) is 0 Å². The number of nitrogens with zero attached hydrogens (tertiary/aromatic N) is 1. The minimum absolute atomic E-state index is 0.0734. The largest absolute Gasteiger partial charge is 0.507 e. The molecular formula is C22H21ClF3NO. The molecule has 0 saturated heterocycles. The zero-order valence-electron chi connectivity index (χ0n) is 15.6. The van der Waals surface area contributed by atoms with Crippen LogP contribution in [0.5, 0.6) is 5.75 Å². The Labute approximate surface area is 167 Å². The molecule has 0 radical (unpaired) electrons. The number of benzene rings is 2. The summed E-state index contributed by atoms with van der Waals surface area (Å²) in [5.74, 6) is -0.0734. The van der Waals surface area contributed by atoms with E-state index in [1.165, 1.54) is 12.1 Å². The molecule has 0 atom stereocenters. The van der Waals surface area contributed by atoms with Gasteiger partial charge >= 0.3 is 6.18 Å². The van der Waals surface area contributed by atoms with Crippen LogP contribution in [0.2, 0.25) is 5.02 Å². The molecule has 0 bridgehead atoms. The van der Waals surface area contributed by atoms with E-state index in [4.69, 9.17) is 11.6 Å². The van der Waals surface area contributed by atoms with E-state index in [1.54, 1.807) is 36.7 Å². The lowest BCUT2D eigenvalue weighted by Gasteiger charge is -2.13. The fraction of sp³-hybridized carbons (Fsp3) is 0.227. The summed E-state index contributed by atoms with van der Waals surface area (Å²) >= 11 is 6.22. The van der Waals surface area contributed by atoms with E-state index in [9.17, 15) is 18.3 Å². The van der Waals surface area contributed by atoms with Crippen LogP contribution in [0.1, 0.15) is 37.8 Å². The van der Waals surface area contributed by atoms with Crippen LogP contribution in [0.3, 0.4) is 0 Å². The van der Waals surface area contributed by atoms with Gasteiger partial charge < -0.3 is 5.11 Å². The third kappa shape index (κ3) is 5.49. The maximum atomic E-state index is 13.1. The summed E-state index contributed by atoms with van der Waals surface area (Å²) in [6.45, 7) is 3.86. The fourth-order valence-corrected chi connectivity index (χ4v) is 2.86. The van der Waals surface area contributed by atoms with E-state index < -0.39 is 11.7 Å². The molecule has 0 fully saturated rings. The molecule has 0 aliphatic heterocycles. The number of aliphatic imine (C=N–C) groups is 1. The van der Waals surface area contributed by atoms with Crippen LogP contribution >= 0.6 is 11.6 Å². The molecule has 0 unspecified atom stereocenters. The zero-order chi connectivity index (χ0) is 20.7. The van der Waals surface area contributed by atoms with Crippen LogP contribution in [0.4, 0.5) is 13.2 Å². The second kappa shape index (κ2) is 9.60. The summed E-state index contributed by atoms with van der Waals surface area (Å²) in [5, 5.41) is 10.5. The number of halogens is 4. The zero-order valence-corrected chi connectivity index (χ0v) is 16.3. The summed E-state index contributed by atoms with van der Waals surface area (Å²) in [6, 6.07) is 7.84. The van der Waals surface area contributed by atoms with Gasteiger partial charge in [0.1, 0.15) is 5.75 Å². The molecule has 2 aromatic carbocycles. The average Bonchev–Trinajstić information content (AvgIpc) is 2.64. The van der Waals surface area contributed by atoms with E-state index in [1.807, 2.05) is 13.8 Å². The van der Waals surface area contributed by atoms with Crippen molar-refractivity contribution in [3.8, 4) is 16.9 Å². The van der Waals surface area contributed by atoms with Gasteiger partial charge in [0.15, 0.2) is 0 Å². The highest BCUT2D eigenvalue weighted by molar-refractivity contribution is 6.33. The molecule has 0 heterocycles. The first-order valence-corrected chi connectivity index (χ1v) is 9.20. The fourth-order valence-electron chi connectivity index (χ4n) is 2.60. The Bertz CT molecular complexity index is 914. The van der Waals surface area contributed by atoms with Crippen molar-refractivity contribution in [2.24, 2.45) is 4.99 Å². The first kappa shape index (κ1) is 21.8. The monoisotopic (exact) mass is 407 g/mol. The van der Waals surface area contributed by atoms with Gasteiger partial charge in [0, 0.05) is 29.1 Å². The standard InChI is InChI=1S/C22H21ClF3NO/c1-3-5-10-27-14-16(7-4-2)19-12-18(20(23)13-21(19)28)15-8-6-9-17(11-15)22(24,25)26/h4,6-14,28H,3,5H2,1-2H3. The Kier molecular flexibility index (Phi) is 7.46. The summed E-state index contributed by atoms with van der Waals surface area (Å²) in [4.78, 5) is 4.24. The average molecular weight is 408 g/mol. The van der Waals surface area contributed by atoms with Gasteiger partial charge in [-0.25, -0.2) is 0 Å². The van der Waals surface area contributed by atoms with Crippen LogP contribution in [0, 0.1) is 0 Å². The Morgan fingerprint density at radius 2 is 1.96 bits per heavy atom. The quantitative estimate of drug-likeness (QED) is 0.389. The second-order valence-electron chi connectivity index (χ2n) is 6.13. The smallest absolute Gasteiger partial charge is 0.416 e. The number of aromatic hydroxyl groups is 1. The Balaban J connectivity index is 2.58. The van der Waals surface area contributed by atoms with E-state index in [0.29, 0.717) is 22.3 Å². The molecule has 0 aliphatic carbocycles. The molecule has 0 saturated carbocycles. The van der Waals surface area contributed by atoms with Crippen molar-refractivity contribution in [1.29, 1.82) is 0 Å². The van der Waals surface area contributed by atoms with Crippen molar-refractivity contribution in [2.45, 2.75) is 32.9 Å². The van der Waals surface area contributed by atoms with E-state index in [2.05, 4.69) is 4.99 Å². The molecule has 148 valence electrons. The van der Waals surface area contributed by atoms with Crippen LogP contribution in [0.15, 0.2) is 59.7 Å². The summed E-state index contributed by atoms with van der Waals surface area (Å²) < 4.78 is 39.2. The predicted octanol–water partition coefficient (Wildman–Crippen LogP) is 7.52. The lowest BCUT2D eigenvalue weighted by Crippen LogP contribution is -2.04. The molecule has 0 spiro atoms. The van der Waals surface area contributed by atoms with Crippen molar-refractivity contribution in [1.82, 2.24) is 0 Å². The van der Waals surface area contributed by atoms with Crippen molar-refractivity contribution >= 4 is 23.4 Å². The summed E-state index contributed by atoms with van der Waals surface area (Å²) in [5.41, 5.74) is 1.01. The number of phenolic OH excluding ortho intramolecular Hbond substituents is 1. The summed E-state index contributed by atoms with van der Waals surface area (Å²) in [7, 11) is 0. The first-order valence-electron chi connectivity index (χ1n) is 8.83. The van der Waals surface area contributed by atoms with Gasteiger partial charge in [-0.3, -0.25) is 4.99 Å². The van der Waals surface area contributed by atoms with Gasteiger partial charge in [-0.1, -0.05) is 49.2 Å². The molecule has 0 amide bonds. The highest BCUT2D eigenvalue weighted by atomic mass is 35.5. The molecule has 1 N–H and O–H groups in total. The van der Waals surface area contributed by atoms with Gasteiger partial charge in [0.2, 0.25) is 0 Å². The summed E-state index contributed by atoms with van der Waals surface area (Å²) in [6.07, 6.45) is 4.26. The normalized spacial score (nSPS) is 13.0. The van der Waals surface area contributed by atoms with E-state index in [-0.39, 0.29) is 10.8 Å². The number of unbranched alkanes of at least 4 members (excludes halogenated alkanes) is 1. The van der Waals surface area contributed by atoms with Gasteiger partial charge in [-0.2, -0.15) is 13.2 Å². The number of hydrogen-bond donors (Lipinski definition) is 1. The second-order valence-corrected chi connectivity index (χ2v) is 6.54. The van der Waals surface area contributed by atoms with Crippen molar-refractivity contribution in [3.05, 3.63) is 70.9 Å². The third-order valence-electron chi connectivity index (χ3n) is 3.98. The lowest BCUT2D eigenvalue weighted by molar-refractivity contribution is -0.137.